The Hall–Kier alpha value is -5.18. The number of fused-ring (bicyclic) bond motifs is 1. The number of H-pyrrole nitrogens is 1. The number of halogens is 2. The summed E-state index contributed by atoms with van der Waals surface area (Å²) in [7, 11) is 1.48. The van der Waals surface area contributed by atoms with Crippen LogP contribution >= 0.6 is 0 Å². The van der Waals surface area contributed by atoms with Gasteiger partial charge in [-0.2, -0.15) is 0 Å². The van der Waals surface area contributed by atoms with Crippen LogP contribution in [0, 0.1) is 25.5 Å². The van der Waals surface area contributed by atoms with Crippen molar-refractivity contribution in [2.75, 3.05) is 7.11 Å². The first-order valence-corrected chi connectivity index (χ1v) is 12.6. The predicted octanol–water partition coefficient (Wildman–Crippen LogP) is 6.75. The van der Waals surface area contributed by atoms with Gasteiger partial charge >= 0.3 is 0 Å². The summed E-state index contributed by atoms with van der Waals surface area (Å²) in [6.45, 7) is 7.14. The van der Waals surface area contributed by atoms with E-state index in [4.69, 9.17) is 9.47 Å². The zero-order chi connectivity index (χ0) is 29.3. The number of aromatic nitrogens is 3. The maximum absolute atomic E-state index is 15.1. The Morgan fingerprint density at radius 2 is 1.88 bits per heavy atom. The average Bonchev–Trinajstić information content (AvgIpc) is 2.94. The minimum atomic E-state index is -0.699. The van der Waals surface area contributed by atoms with Gasteiger partial charge in [0.05, 0.1) is 18.2 Å². The van der Waals surface area contributed by atoms with E-state index in [1.165, 1.54) is 49.8 Å². The lowest BCUT2D eigenvalue weighted by molar-refractivity contribution is 0.0991. The number of hydrogen-bond donors (Lipinski definition) is 1. The standard InChI is InChI=1S/C32H25F2N3O4/c1-5-20-15-25-30(37-32(20)40-4)28(10-11-35-25)41-27-9-6-19(13-24(27)34)14-26(38)23-16-36-18(3)29(31(23)39)22-8-7-21(33)12-17(22)2/h5-13,15-16H,1,14H2,2-4H3,(H,36,39). The number of hydrogen-bond acceptors (Lipinski definition) is 6. The van der Waals surface area contributed by atoms with Crippen molar-refractivity contribution >= 4 is 22.9 Å². The molecule has 0 fully saturated rings. The van der Waals surface area contributed by atoms with Gasteiger partial charge in [-0.05, 0) is 60.9 Å². The predicted molar refractivity (Wildman–Crippen MR) is 153 cm³/mol. The smallest absolute Gasteiger partial charge is 0.221 e. The molecule has 206 valence electrons. The van der Waals surface area contributed by atoms with Crippen LogP contribution in [0.4, 0.5) is 8.78 Å². The van der Waals surface area contributed by atoms with Crippen LogP contribution in [0.15, 0.2) is 72.3 Å². The molecule has 0 saturated carbocycles. The second-order valence-electron chi connectivity index (χ2n) is 9.43. The van der Waals surface area contributed by atoms with Crippen molar-refractivity contribution in [3.05, 3.63) is 117 Å². The number of pyridine rings is 3. The number of aryl methyl sites for hydroxylation is 2. The van der Waals surface area contributed by atoms with Gasteiger partial charge in [0.25, 0.3) is 0 Å². The third kappa shape index (κ3) is 5.34. The van der Waals surface area contributed by atoms with Crippen molar-refractivity contribution < 1.29 is 23.0 Å². The number of ether oxygens (including phenoxy) is 2. The highest BCUT2D eigenvalue weighted by molar-refractivity contribution is 5.98. The minimum Gasteiger partial charge on any atom is -0.481 e. The highest BCUT2D eigenvalue weighted by Crippen LogP contribution is 2.32. The van der Waals surface area contributed by atoms with Crippen molar-refractivity contribution in [2.24, 2.45) is 0 Å². The number of rotatable bonds is 8. The molecule has 0 saturated heterocycles. The molecular formula is C32H25F2N3O4. The van der Waals surface area contributed by atoms with Gasteiger partial charge < -0.3 is 14.5 Å². The van der Waals surface area contributed by atoms with Gasteiger partial charge in [-0.25, -0.2) is 13.8 Å². The molecule has 3 aromatic heterocycles. The van der Waals surface area contributed by atoms with Crippen molar-refractivity contribution in [3.63, 3.8) is 0 Å². The maximum atomic E-state index is 15.1. The summed E-state index contributed by atoms with van der Waals surface area (Å²) >= 11 is 0. The average molecular weight is 554 g/mol. The molecule has 2 aromatic carbocycles. The molecule has 9 heteroatoms. The summed E-state index contributed by atoms with van der Waals surface area (Å²) in [4.78, 5) is 38.2. The number of ketones is 1. The number of Topliss-reactive ketones (excluding diaryl/α,β-unsaturated/α-hetero) is 1. The molecule has 0 unspecified atom stereocenters. The van der Waals surface area contributed by atoms with Gasteiger partial charge in [-0.1, -0.05) is 24.8 Å². The number of carbonyl (C=O) groups is 1. The van der Waals surface area contributed by atoms with Crippen LogP contribution in [0.5, 0.6) is 17.4 Å². The number of benzene rings is 2. The fourth-order valence-electron chi connectivity index (χ4n) is 4.64. The lowest BCUT2D eigenvalue weighted by Gasteiger charge is -2.12. The monoisotopic (exact) mass is 553 g/mol. The zero-order valence-electron chi connectivity index (χ0n) is 22.5. The summed E-state index contributed by atoms with van der Waals surface area (Å²) in [5.41, 5.74) is 3.28. The quantitative estimate of drug-likeness (QED) is 0.214. The van der Waals surface area contributed by atoms with E-state index in [0.717, 1.165) is 0 Å². The molecule has 7 nitrogen and oxygen atoms in total. The van der Waals surface area contributed by atoms with E-state index in [0.29, 0.717) is 50.4 Å². The van der Waals surface area contributed by atoms with Crippen molar-refractivity contribution in [2.45, 2.75) is 20.3 Å². The first kappa shape index (κ1) is 27.4. The van der Waals surface area contributed by atoms with Gasteiger partial charge in [-0.3, -0.25) is 14.6 Å². The molecule has 41 heavy (non-hydrogen) atoms. The van der Waals surface area contributed by atoms with Gasteiger partial charge in [0.1, 0.15) is 11.3 Å². The Morgan fingerprint density at radius 3 is 2.59 bits per heavy atom. The molecule has 5 aromatic rings. The molecule has 3 heterocycles. The zero-order valence-corrected chi connectivity index (χ0v) is 22.5. The van der Waals surface area contributed by atoms with Crippen LogP contribution < -0.4 is 14.9 Å². The fraction of sp³-hybridized carbons (Fsp3) is 0.125. The van der Waals surface area contributed by atoms with Gasteiger partial charge in [0.2, 0.25) is 5.88 Å². The van der Waals surface area contributed by atoms with Crippen molar-refractivity contribution in [1.29, 1.82) is 0 Å². The van der Waals surface area contributed by atoms with Crippen molar-refractivity contribution in [1.82, 2.24) is 15.0 Å². The molecular weight excluding hydrogens is 528 g/mol. The van der Waals surface area contributed by atoms with E-state index < -0.39 is 22.8 Å². The summed E-state index contributed by atoms with van der Waals surface area (Å²) in [6, 6.07) is 11.6. The van der Waals surface area contributed by atoms with E-state index in [1.807, 2.05) is 0 Å². The number of carbonyl (C=O) groups excluding carboxylic acids is 1. The summed E-state index contributed by atoms with van der Waals surface area (Å²) in [6.07, 6.45) is 4.25. The molecule has 0 aliphatic carbocycles. The van der Waals surface area contributed by atoms with E-state index in [-0.39, 0.29) is 23.5 Å². The van der Waals surface area contributed by atoms with Crippen LogP contribution in [0.2, 0.25) is 0 Å². The molecule has 0 aliphatic heterocycles. The molecule has 0 amide bonds. The Balaban J connectivity index is 1.41. The fourth-order valence-corrected chi connectivity index (χ4v) is 4.64. The molecule has 5 rings (SSSR count). The first-order chi connectivity index (χ1) is 19.7. The van der Waals surface area contributed by atoms with Crippen molar-refractivity contribution in [3.8, 4) is 28.5 Å². The minimum absolute atomic E-state index is 0.0720. The topological polar surface area (TPSA) is 94.2 Å². The lowest BCUT2D eigenvalue weighted by Crippen LogP contribution is -2.20. The van der Waals surface area contributed by atoms with Crippen LogP contribution in [0.3, 0.4) is 0 Å². The van der Waals surface area contributed by atoms with Crippen LogP contribution in [-0.4, -0.2) is 27.8 Å². The lowest BCUT2D eigenvalue weighted by atomic mass is 9.95. The molecule has 1 N–H and O–H groups in total. The molecule has 0 radical (unpaired) electrons. The second kappa shape index (κ2) is 11.1. The van der Waals surface area contributed by atoms with E-state index >= 15 is 4.39 Å². The highest BCUT2D eigenvalue weighted by atomic mass is 19.1. The van der Waals surface area contributed by atoms with E-state index in [2.05, 4.69) is 21.5 Å². The van der Waals surface area contributed by atoms with E-state index in [9.17, 15) is 14.0 Å². The van der Waals surface area contributed by atoms with Gasteiger partial charge in [-0.15, -0.1) is 0 Å². The Bertz CT molecular complexity index is 1900. The first-order valence-electron chi connectivity index (χ1n) is 12.6. The van der Waals surface area contributed by atoms with Gasteiger partial charge in [0.15, 0.2) is 28.5 Å². The molecule has 0 bridgehead atoms. The van der Waals surface area contributed by atoms with E-state index in [1.54, 1.807) is 38.1 Å². The summed E-state index contributed by atoms with van der Waals surface area (Å²) in [5.74, 6) is -1.10. The Labute approximate surface area is 234 Å². The van der Waals surface area contributed by atoms with Crippen LogP contribution in [-0.2, 0) is 6.42 Å². The summed E-state index contributed by atoms with van der Waals surface area (Å²) in [5, 5.41) is 0. The number of nitrogens with one attached hydrogen (secondary N) is 1. The van der Waals surface area contributed by atoms with Gasteiger partial charge in [0, 0.05) is 41.7 Å². The molecule has 0 spiro atoms. The maximum Gasteiger partial charge on any atom is 0.221 e. The Kier molecular flexibility index (Phi) is 7.43. The number of methoxy groups -OCH3 is 1. The SMILES string of the molecule is C=Cc1cc2nccc(Oc3ccc(CC(=O)c4c[nH]c(C)c(-c5ccc(F)cc5C)c4=O)cc3F)c2nc1OC. The Morgan fingerprint density at radius 1 is 1.07 bits per heavy atom. The molecule has 0 atom stereocenters. The third-order valence-electron chi connectivity index (χ3n) is 6.70. The van der Waals surface area contributed by atoms with Crippen LogP contribution in [0.1, 0.15) is 32.7 Å². The number of nitrogens with zero attached hydrogens (tertiary/aromatic N) is 2. The summed E-state index contributed by atoms with van der Waals surface area (Å²) < 4.78 is 39.9. The normalized spacial score (nSPS) is 11.0. The largest absolute Gasteiger partial charge is 0.481 e. The third-order valence-corrected chi connectivity index (χ3v) is 6.70. The highest BCUT2D eigenvalue weighted by Gasteiger charge is 2.20. The van der Waals surface area contributed by atoms with Crippen LogP contribution in [0.25, 0.3) is 28.2 Å². The number of aromatic amines is 1. The second-order valence-corrected chi connectivity index (χ2v) is 9.43. The molecule has 0 aliphatic rings.